The fourth-order valence-electron chi connectivity index (χ4n) is 2.60. The van der Waals surface area contributed by atoms with Crippen LogP contribution in [-0.2, 0) is 19.1 Å². The number of benzene rings is 1. The molecule has 1 heterocycles. The third kappa shape index (κ3) is 4.50. The number of carbonyl (C=O) groups excluding carboxylic acids is 3. The summed E-state index contributed by atoms with van der Waals surface area (Å²) in [5.41, 5.74) is 0.560. The van der Waals surface area contributed by atoms with Crippen molar-refractivity contribution in [1.29, 1.82) is 0 Å². The van der Waals surface area contributed by atoms with Crippen molar-refractivity contribution >= 4 is 39.4 Å². The summed E-state index contributed by atoms with van der Waals surface area (Å²) in [5.74, 6) is -0.767. The number of halogens is 1. The molecule has 0 spiro atoms. The minimum atomic E-state index is -0.433. The summed E-state index contributed by atoms with van der Waals surface area (Å²) in [6, 6.07) is 5.28. The zero-order chi connectivity index (χ0) is 18.6. The van der Waals surface area contributed by atoms with Crippen LogP contribution in [0.25, 0.3) is 0 Å². The average Bonchev–Trinajstić information content (AvgIpc) is 2.60. The van der Waals surface area contributed by atoms with Gasteiger partial charge in [0.2, 0.25) is 5.91 Å². The molecule has 2 rings (SSSR count). The van der Waals surface area contributed by atoms with Gasteiger partial charge in [-0.1, -0.05) is 22.9 Å². The Morgan fingerprint density at radius 2 is 2.16 bits per heavy atom. The first-order valence-corrected chi connectivity index (χ1v) is 8.75. The van der Waals surface area contributed by atoms with Crippen LogP contribution in [0.4, 0.5) is 5.69 Å². The van der Waals surface area contributed by atoms with E-state index in [1.54, 1.807) is 30.0 Å². The molecule has 0 aromatic heterocycles. The molecule has 1 unspecified atom stereocenters. The standard InChI is InChI=1S/C17H21BrN2O5/c1-4-19(8-11(2)17(23)24-3)15(21)9-20-13-6-5-12(18)7-14(13)25-10-16(20)22/h5-7,11H,4,8-10H2,1-3H3. The van der Waals surface area contributed by atoms with E-state index in [2.05, 4.69) is 15.9 Å². The van der Waals surface area contributed by atoms with Crippen LogP contribution in [0.5, 0.6) is 5.75 Å². The van der Waals surface area contributed by atoms with Gasteiger partial charge in [-0.2, -0.15) is 0 Å². The van der Waals surface area contributed by atoms with Gasteiger partial charge in [-0.05, 0) is 25.1 Å². The van der Waals surface area contributed by atoms with Crippen molar-refractivity contribution in [2.24, 2.45) is 5.92 Å². The first kappa shape index (κ1) is 19.2. The van der Waals surface area contributed by atoms with E-state index in [1.165, 1.54) is 12.0 Å². The Morgan fingerprint density at radius 3 is 2.80 bits per heavy atom. The number of hydrogen-bond donors (Lipinski definition) is 0. The Balaban J connectivity index is 2.13. The van der Waals surface area contributed by atoms with E-state index in [0.717, 1.165) is 4.47 Å². The van der Waals surface area contributed by atoms with Crippen LogP contribution in [0.3, 0.4) is 0 Å². The normalized spacial score (nSPS) is 14.4. The molecule has 1 aliphatic heterocycles. The number of fused-ring (bicyclic) bond motifs is 1. The minimum absolute atomic E-state index is 0.0987. The predicted octanol–water partition coefficient (Wildman–Crippen LogP) is 1.83. The molecule has 0 aliphatic carbocycles. The lowest BCUT2D eigenvalue weighted by Crippen LogP contribution is -2.47. The highest BCUT2D eigenvalue weighted by Gasteiger charge is 2.29. The summed E-state index contributed by atoms with van der Waals surface area (Å²) in [4.78, 5) is 39.4. The van der Waals surface area contributed by atoms with Crippen LogP contribution in [-0.4, -0.2) is 56.0 Å². The fraction of sp³-hybridized carbons (Fsp3) is 0.471. The van der Waals surface area contributed by atoms with Gasteiger partial charge in [-0.25, -0.2) is 0 Å². The van der Waals surface area contributed by atoms with E-state index in [9.17, 15) is 14.4 Å². The summed E-state index contributed by atoms with van der Waals surface area (Å²) in [7, 11) is 1.32. The van der Waals surface area contributed by atoms with Crippen LogP contribution < -0.4 is 9.64 Å². The van der Waals surface area contributed by atoms with Gasteiger partial charge in [0.05, 0.1) is 18.7 Å². The van der Waals surface area contributed by atoms with Crippen molar-refractivity contribution in [2.45, 2.75) is 13.8 Å². The Bertz CT molecular complexity index is 679. The summed E-state index contributed by atoms with van der Waals surface area (Å²) >= 11 is 3.36. The van der Waals surface area contributed by atoms with Gasteiger partial charge < -0.3 is 14.4 Å². The topological polar surface area (TPSA) is 76.2 Å². The number of methoxy groups -OCH3 is 1. The smallest absolute Gasteiger partial charge is 0.310 e. The van der Waals surface area contributed by atoms with Crippen molar-refractivity contribution in [2.75, 3.05) is 38.3 Å². The largest absolute Gasteiger partial charge is 0.482 e. The van der Waals surface area contributed by atoms with Gasteiger partial charge in [0.25, 0.3) is 5.91 Å². The highest BCUT2D eigenvalue weighted by Crippen LogP contribution is 2.34. The Hall–Kier alpha value is -2.09. The zero-order valence-electron chi connectivity index (χ0n) is 14.5. The molecular weight excluding hydrogens is 392 g/mol. The van der Waals surface area contributed by atoms with Gasteiger partial charge in [0.1, 0.15) is 12.3 Å². The van der Waals surface area contributed by atoms with Crippen LogP contribution in [0.15, 0.2) is 22.7 Å². The molecule has 2 amide bonds. The molecule has 0 saturated carbocycles. The molecule has 8 heteroatoms. The first-order chi connectivity index (χ1) is 11.9. The molecule has 1 atom stereocenters. The highest BCUT2D eigenvalue weighted by atomic mass is 79.9. The number of likely N-dealkylation sites (N-methyl/N-ethyl adjacent to an activating group) is 1. The van der Waals surface area contributed by atoms with E-state index < -0.39 is 5.92 Å². The molecule has 25 heavy (non-hydrogen) atoms. The molecular formula is C17H21BrN2O5. The molecule has 0 saturated heterocycles. The predicted molar refractivity (Wildman–Crippen MR) is 95.4 cm³/mol. The van der Waals surface area contributed by atoms with Crippen molar-refractivity contribution in [3.63, 3.8) is 0 Å². The maximum Gasteiger partial charge on any atom is 0.310 e. The number of rotatable bonds is 6. The number of anilines is 1. The second kappa shape index (κ2) is 8.33. The summed E-state index contributed by atoms with van der Waals surface area (Å²) in [6.45, 7) is 4.00. The fourth-order valence-corrected chi connectivity index (χ4v) is 2.94. The highest BCUT2D eigenvalue weighted by molar-refractivity contribution is 9.10. The van der Waals surface area contributed by atoms with E-state index in [1.807, 2.05) is 6.92 Å². The molecule has 1 aromatic carbocycles. The van der Waals surface area contributed by atoms with Crippen LogP contribution in [0, 0.1) is 5.92 Å². The van der Waals surface area contributed by atoms with Crippen LogP contribution >= 0.6 is 15.9 Å². The molecule has 1 aromatic rings. The second-order valence-corrected chi connectivity index (χ2v) is 6.65. The third-order valence-electron chi connectivity index (χ3n) is 3.99. The molecule has 0 fully saturated rings. The molecule has 136 valence electrons. The molecule has 0 radical (unpaired) electrons. The van der Waals surface area contributed by atoms with Crippen LogP contribution in [0.2, 0.25) is 0 Å². The number of carbonyl (C=O) groups is 3. The van der Waals surface area contributed by atoms with Crippen molar-refractivity contribution in [3.8, 4) is 5.75 Å². The Kier molecular flexibility index (Phi) is 6.41. The number of nitrogens with zero attached hydrogens (tertiary/aromatic N) is 2. The maximum absolute atomic E-state index is 12.6. The summed E-state index contributed by atoms with van der Waals surface area (Å²) < 4.78 is 10.9. The van der Waals surface area contributed by atoms with Gasteiger partial charge in [-0.15, -0.1) is 0 Å². The lowest BCUT2D eigenvalue weighted by atomic mass is 10.1. The van der Waals surface area contributed by atoms with Crippen molar-refractivity contribution in [1.82, 2.24) is 4.90 Å². The molecule has 7 nitrogen and oxygen atoms in total. The van der Waals surface area contributed by atoms with E-state index in [-0.39, 0.29) is 37.5 Å². The zero-order valence-corrected chi connectivity index (χ0v) is 16.0. The first-order valence-electron chi connectivity index (χ1n) is 7.95. The Labute approximate surface area is 155 Å². The summed E-state index contributed by atoms with van der Waals surface area (Å²) in [5, 5.41) is 0. The molecule has 0 bridgehead atoms. The quantitative estimate of drug-likeness (QED) is 0.666. The minimum Gasteiger partial charge on any atom is -0.482 e. The maximum atomic E-state index is 12.6. The monoisotopic (exact) mass is 412 g/mol. The van der Waals surface area contributed by atoms with E-state index in [0.29, 0.717) is 18.0 Å². The number of amides is 2. The number of esters is 1. The van der Waals surface area contributed by atoms with Crippen molar-refractivity contribution < 1.29 is 23.9 Å². The van der Waals surface area contributed by atoms with Gasteiger partial charge in [0.15, 0.2) is 6.61 Å². The molecule has 0 N–H and O–H groups in total. The van der Waals surface area contributed by atoms with Gasteiger partial charge in [0, 0.05) is 17.6 Å². The number of hydrogen-bond acceptors (Lipinski definition) is 5. The van der Waals surface area contributed by atoms with E-state index in [4.69, 9.17) is 9.47 Å². The molecule has 1 aliphatic rings. The lowest BCUT2D eigenvalue weighted by Gasteiger charge is -2.31. The van der Waals surface area contributed by atoms with Crippen molar-refractivity contribution in [3.05, 3.63) is 22.7 Å². The second-order valence-electron chi connectivity index (χ2n) is 5.74. The summed E-state index contributed by atoms with van der Waals surface area (Å²) in [6.07, 6.45) is 0. The van der Waals surface area contributed by atoms with Crippen LogP contribution in [0.1, 0.15) is 13.8 Å². The Morgan fingerprint density at radius 1 is 1.44 bits per heavy atom. The number of ether oxygens (including phenoxy) is 2. The van der Waals surface area contributed by atoms with Gasteiger partial charge in [-0.3, -0.25) is 19.3 Å². The average molecular weight is 413 g/mol. The SMILES string of the molecule is CCN(CC(C)C(=O)OC)C(=O)CN1C(=O)COc2cc(Br)ccc21. The van der Waals surface area contributed by atoms with Gasteiger partial charge >= 0.3 is 5.97 Å². The lowest BCUT2D eigenvalue weighted by molar-refractivity contribution is -0.146. The van der Waals surface area contributed by atoms with E-state index >= 15 is 0 Å². The third-order valence-corrected chi connectivity index (χ3v) is 4.48.